The molecular formula is C15H24N2O3. The molecule has 1 aromatic rings. The first-order valence-electron chi connectivity index (χ1n) is 6.75. The minimum absolute atomic E-state index is 0.0770. The van der Waals surface area contributed by atoms with Crippen LogP contribution in [0.25, 0.3) is 0 Å². The van der Waals surface area contributed by atoms with Gasteiger partial charge in [-0.05, 0) is 25.0 Å². The lowest BCUT2D eigenvalue weighted by atomic mass is 10.0. The van der Waals surface area contributed by atoms with Crippen LogP contribution in [0, 0.1) is 5.92 Å². The largest absolute Gasteiger partial charge is 0.497 e. The smallest absolute Gasteiger partial charge is 0.244 e. The third-order valence-electron chi connectivity index (χ3n) is 3.26. The Kier molecular flexibility index (Phi) is 5.82. The number of nitrogens with two attached hydrogens (primary N) is 1. The van der Waals surface area contributed by atoms with Crippen LogP contribution in [0.5, 0.6) is 11.5 Å². The molecule has 1 atom stereocenters. The number of benzene rings is 1. The number of ether oxygens (including phenoxy) is 2. The molecular weight excluding hydrogens is 256 g/mol. The molecule has 0 aliphatic carbocycles. The quantitative estimate of drug-likeness (QED) is 0.866. The van der Waals surface area contributed by atoms with Crippen LogP contribution in [0.3, 0.4) is 0 Å². The lowest BCUT2D eigenvalue weighted by molar-refractivity contribution is -0.120. The highest BCUT2D eigenvalue weighted by molar-refractivity contribution is 5.98. The second-order valence-corrected chi connectivity index (χ2v) is 4.89. The van der Waals surface area contributed by atoms with E-state index in [2.05, 4.69) is 0 Å². The van der Waals surface area contributed by atoms with E-state index in [0.717, 1.165) is 0 Å². The van der Waals surface area contributed by atoms with Crippen molar-refractivity contribution in [3.8, 4) is 11.5 Å². The zero-order valence-electron chi connectivity index (χ0n) is 12.8. The Morgan fingerprint density at radius 3 is 2.40 bits per heavy atom. The van der Waals surface area contributed by atoms with Crippen molar-refractivity contribution in [3.05, 3.63) is 18.2 Å². The van der Waals surface area contributed by atoms with Crippen molar-refractivity contribution in [3.63, 3.8) is 0 Å². The van der Waals surface area contributed by atoms with Gasteiger partial charge in [-0.25, -0.2) is 0 Å². The van der Waals surface area contributed by atoms with Crippen molar-refractivity contribution in [2.24, 2.45) is 11.7 Å². The Hall–Kier alpha value is -1.75. The van der Waals surface area contributed by atoms with E-state index >= 15 is 0 Å². The average Bonchev–Trinajstić information content (AvgIpc) is 2.46. The van der Waals surface area contributed by atoms with Crippen molar-refractivity contribution in [1.82, 2.24) is 0 Å². The lowest BCUT2D eigenvalue weighted by Gasteiger charge is -2.27. The molecule has 0 aliphatic rings. The molecule has 0 radical (unpaired) electrons. The summed E-state index contributed by atoms with van der Waals surface area (Å²) in [5.74, 6) is 1.25. The van der Waals surface area contributed by atoms with Crippen molar-refractivity contribution < 1.29 is 14.3 Å². The standard InChI is InChI=1S/C15H24N2O3/c1-6-17(15(18)14(16)10(2)3)12-9-11(19-4)7-8-13(12)20-5/h7-10,14H,6,16H2,1-5H3/t14-/m0/s1. The molecule has 0 heterocycles. The molecule has 5 heteroatoms. The average molecular weight is 280 g/mol. The van der Waals surface area contributed by atoms with E-state index in [4.69, 9.17) is 15.2 Å². The Morgan fingerprint density at radius 1 is 1.30 bits per heavy atom. The third kappa shape index (κ3) is 3.42. The molecule has 1 amide bonds. The summed E-state index contributed by atoms with van der Waals surface area (Å²) in [4.78, 5) is 14.1. The van der Waals surface area contributed by atoms with Crippen LogP contribution in [-0.4, -0.2) is 32.7 Å². The van der Waals surface area contributed by atoms with Gasteiger partial charge in [0.15, 0.2) is 0 Å². The topological polar surface area (TPSA) is 64.8 Å². The van der Waals surface area contributed by atoms with E-state index in [-0.39, 0.29) is 11.8 Å². The normalized spacial score (nSPS) is 12.2. The first kappa shape index (κ1) is 16.3. The summed E-state index contributed by atoms with van der Waals surface area (Å²) in [5.41, 5.74) is 6.65. The van der Waals surface area contributed by atoms with E-state index in [1.807, 2.05) is 20.8 Å². The maximum Gasteiger partial charge on any atom is 0.244 e. The van der Waals surface area contributed by atoms with Gasteiger partial charge in [-0.2, -0.15) is 0 Å². The van der Waals surface area contributed by atoms with Gasteiger partial charge in [0.05, 0.1) is 25.9 Å². The molecule has 0 saturated heterocycles. The monoisotopic (exact) mass is 280 g/mol. The number of nitrogens with zero attached hydrogens (tertiary/aromatic N) is 1. The van der Waals surface area contributed by atoms with Gasteiger partial charge in [-0.15, -0.1) is 0 Å². The summed E-state index contributed by atoms with van der Waals surface area (Å²) in [7, 11) is 3.16. The highest BCUT2D eigenvalue weighted by atomic mass is 16.5. The van der Waals surface area contributed by atoms with Gasteiger partial charge in [-0.3, -0.25) is 4.79 Å². The SMILES string of the molecule is CCN(C(=O)[C@@H](N)C(C)C)c1cc(OC)ccc1OC. The molecule has 20 heavy (non-hydrogen) atoms. The van der Waals surface area contributed by atoms with Gasteiger partial charge in [0.25, 0.3) is 0 Å². The number of methoxy groups -OCH3 is 2. The molecule has 0 aromatic heterocycles. The number of carbonyl (C=O) groups is 1. The predicted octanol–water partition coefficient (Wildman–Crippen LogP) is 2.04. The molecule has 1 aromatic carbocycles. The van der Waals surface area contributed by atoms with Gasteiger partial charge >= 0.3 is 0 Å². The Morgan fingerprint density at radius 2 is 1.95 bits per heavy atom. The molecule has 2 N–H and O–H groups in total. The number of hydrogen-bond acceptors (Lipinski definition) is 4. The van der Waals surface area contributed by atoms with Gasteiger partial charge in [0.1, 0.15) is 11.5 Å². The van der Waals surface area contributed by atoms with Crippen LogP contribution >= 0.6 is 0 Å². The fraction of sp³-hybridized carbons (Fsp3) is 0.533. The van der Waals surface area contributed by atoms with Crippen LogP contribution in [0.2, 0.25) is 0 Å². The van der Waals surface area contributed by atoms with Crippen molar-refractivity contribution in [2.45, 2.75) is 26.8 Å². The summed E-state index contributed by atoms with van der Waals surface area (Å²) in [6.07, 6.45) is 0. The van der Waals surface area contributed by atoms with Crippen LogP contribution in [0.1, 0.15) is 20.8 Å². The maximum atomic E-state index is 12.5. The highest BCUT2D eigenvalue weighted by Gasteiger charge is 2.26. The molecule has 0 saturated carbocycles. The Balaban J connectivity index is 3.20. The van der Waals surface area contributed by atoms with Crippen molar-refractivity contribution >= 4 is 11.6 Å². The van der Waals surface area contributed by atoms with E-state index in [1.165, 1.54) is 0 Å². The summed E-state index contributed by atoms with van der Waals surface area (Å²) in [5, 5.41) is 0. The second kappa shape index (κ2) is 7.14. The number of anilines is 1. The Labute approximate surface area is 120 Å². The lowest BCUT2D eigenvalue weighted by Crippen LogP contribution is -2.46. The second-order valence-electron chi connectivity index (χ2n) is 4.89. The fourth-order valence-electron chi connectivity index (χ4n) is 1.92. The molecule has 0 unspecified atom stereocenters. The molecule has 0 fully saturated rings. The number of amides is 1. The first-order chi connectivity index (χ1) is 9.46. The maximum absolute atomic E-state index is 12.5. The Bertz CT molecular complexity index is 460. The summed E-state index contributed by atoms with van der Waals surface area (Å²) < 4.78 is 10.5. The van der Waals surface area contributed by atoms with Gasteiger partial charge in [-0.1, -0.05) is 13.8 Å². The molecule has 0 bridgehead atoms. The number of likely N-dealkylation sites (N-methyl/N-ethyl adjacent to an activating group) is 1. The van der Waals surface area contributed by atoms with E-state index < -0.39 is 6.04 Å². The van der Waals surface area contributed by atoms with Crippen LogP contribution in [0.15, 0.2) is 18.2 Å². The molecule has 5 nitrogen and oxygen atoms in total. The van der Waals surface area contributed by atoms with Gasteiger partial charge in [0.2, 0.25) is 5.91 Å². The van der Waals surface area contributed by atoms with Crippen LogP contribution < -0.4 is 20.1 Å². The van der Waals surface area contributed by atoms with Crippen LogP contribution in [-0.2, 0) is 4.79 Å². The number of rotatable bonds is 6. The van der Waals surface area contributed by atoms with Crippen molar-refractivity contribution in [1.29, 1.82) is 0 Å². The summed E-state index contributed by atoms with van der Waals surface area (Å²) in [6, 6.07) is 4.83. The van der Waals surface area contributed by atoms with Crippen molar-refractivity contribution in [2.75, 3.05) is 25.7 Å². The first-order valence-corrected chi connectivity index (χ1v) is 6.75. The highest BCUT2D eigenvalue weighted by Crippen LogP contribution is 2.32. The summed E-state index contributed by atoms with van der Waals surface area (Å²) in [6.45, 7) is 6.28. The minimum Gasteiger partial charge on any atom is -0.497 e. The van der Waals surface area contributed by atoms with E-state index in [0.29, 0.717) is 23.7 Å². The summed E-state index contributed by atoms with van der Waals surface area (Å²) >= 11 is 0. The molecule has 112 valence electrons. The molecule has 0 aliphatic heterocycles. The van der Waals surface area contributed by atoms with Gasteiger partial charge < -0.3 is 20.1 Å². The zero-order chi connectivity index (χ0) is 15.3. The van der Waals surface area contributed by atoms with E-state index in [9.17, 15) is 4.79 Å². The molecule has 0 spiro atoms. The number of carbonyl (C=O) groups excluding carboxylic acids is 1. The predicted molar refractivity (Wildman–Crippen MR) is 80.4 cm³/mol. The zero-order valence-corrected chi connectivity index (χ0v) is 12.8. The fourth-order valence-corrected chi connectivity index (χ4v) is 1.92. The number of hydrogen-bond donors (Lipinski definition) is 1. The van der Waals surface area contributed by atoms with E-state index in [1.54, 1.807) is 37.3 Å². The van der Waals surface area contributed by atoms with Gasteiger partial charge in [0, 0.05) is 12.6 Å². The minimum atomic E-state index is -0.536. The van der Waals surface area contributed by atoms with Crippen LogP contribution in [0.4, 0.5) is 5.69 Å². The third-order valence-corrected chi connectivity index (χ3v) is 3.26. The molecule has 1 rings (SSSR count).